The number of hydrogen-bond donors (Lipinski definition) is 0. The Kier molecular flexibility index (Phi) is 6.73. The zero-order valence-electron chi connectivity index (χ0n) is 17.3. The lowest BCUT2D eigenvalue weighted by Gasteiger charge is -2.43. The fourth-order valence-electron chi connectivity index (χ4n) is 2.54. The summed E-state index contributed by atoms with van der Waals surface area (Å²) in [5.74, 6) is -0.696. The van der Waals surface area contributed by atoms with Crippen LogP contribution in [-0.4, -0.2) is 57.2 Å². The maximum absolute atomic E-state index is 12.5. The van der Waals surface area contributed by atoms with E-state index in [4.69, 9.17) is 13.9 Å². The van der Waals surface area contributed by atoms with Crippen LogP contribution < -0.4 is 0 Å². The van der Waals surface area contributed by atoms with E-state index in [0.29, 0.717) is 19.5 Å². The molecule has 1 rings (SSSR count). The first kappa shape index (κ1) is 22.0. The molecule has 0 aromatic heterocycles. The summed E-state index contributed by atoms with van der Waals surface area (Å²) in [5, 5.41) is 0.0575. The van der Waals surface area contributed by atoms with Gasteiger partial charge in [0.25, 0.3) is 0 Å². The molecule has 1 heterocycles. The van der Waals surface area contributed by atoms with Gasteiger partial charge in [-0.05, 0) is 45.3 Å². The van der Waals surface area contributed by atoms with Gasteiger partial charge < -0.3 is 18.8 Å². The lowest BCUT2D eigenvalue weighted by Crippen LogP contribution is -2.54. The Balaban J connectivity index is 2.95. The Morgan fingerprint density at radius 3 is 2.04 bits per heavy atom. The van der Waals surface area contributed by atoms with Crippen molar-refractivity contribution in [1.82, 2.24) is 4.90 Å². The summed E-state index contributed by atoms with van der Waals surface area (Å²) in [5.41, 5.74) is -0.578. The zero-order chi connectivity index (χ0) is 19.6. The summed E-state index contributed by atoms with van der Waals surface area (Å²) >= 11 is 0. The highest BCUT2D eigenvalue weighted by Gasteiger charge is 2.43. The number of piperidine rings is 1. The van der Waals surface area contributed by atoms with Crippen molar-refractivity contribution in [2.24, 2.45) is 5.92 Å². The normalized spacial score (nSPS) is 22.5. The minimum absolute atomic E-state index is 0.0575. The summed E-state index contributed by atoms with van der Waals surface area (Å²) in [6.07, 6.45) is -0.0328. The maximum Gasteiger partial charge on any atom is 0.410 e. The second kappa shape index (κ2) is 7.66. The van der Waals surface area contributed by atoms with Crippen molar-refractivity contribution < 1.29 is 23.5 Å². The molecule has 0 aliphatic carbocycles. The van der Waals surface area contributed by atoms with E-state index in [1.165, 1.54) is 7.11 Å². The number of carbonyl (C=O) groups excluding carboxylic acids is 2. The molecule has 0 radical (unpaired) electrons. The Morgan fingerprint density at radius 2 is 1.60 bits per heavy atom. The second-order valence-electron chi connectivity index (χ2n) is 9.34. The molecular formula is C18H35NO5Si. The van der Waals surface area contributed by atoms with E-state index in [1.807, 2.05) is 20.8 Å². The molecule has 0 saturated carbocycles. The van der Waals surface area contributed by atoms with E-state index >= 15 is 0 Å². The first-order valence-electron chi connectivity index (χ1n) is 8.90. The molecule has 1 amide bonds. The summed E-state index contributed by atoms with van der Waals surface area (Å²) < 4.78 is 16.8. The van der Waals surface area contributed by atoms with Gasteiger partial charge in [0.05, 0.1) is 19.1 Å². The largest absolute Gasteiger partial charge is 0.469 e. The number of nitrogens with zero attached hydrogens (tertiary/aromatic N) is 1. The van der Waals surface area contributed by atoms with Crippen LogP contribution in [0.2, 0.25) is 18.1 Å². The predicted octanol–water partition coefficient (Wildman–Crippen LogP) is 3.81. The number of esters is 1. The highest BCUT2D eigenvalue weighted by atomic mass is 28.4. The topological polar surface area (TPSA) is 65.1 Å². The van der Waals surface area contributed by atoms with Crippen molar-refractivity contribution in [2.45, 2.75) is 77.8 Å². The Labute approximate surface area is 153 Å². The predicted molar refractivity (Wildman–Crippen MR) is 100 cm³/mol. The summed E-state index contributed by atoms with van der Waals surface area (Å²) in [7, 11) is -0.635. The average molecular weight is 374 g/mol. The molecule has 2 atom stereocenters. The van der Waals surface area contributed by atoms with E-state index in [2.05, 4.69) is 33.9 Å². The first-order chi connectivity index (χ1) is 11.2. The highest BCUT2D eigenvalue weighted by Crippen LogP contribution is 2.38. The van der Waals surface area contributed by atoms with E-state index in [0.717, 1.165) is 0 Å². The van der Waals surface area contributed by atoms with E-state index in [-0.39, 0.29) is 23.0 Å². The number of carbonyl (C=O) groups is 2. The van der Waals surface area contributed by atoms with Gasteiger partial charge in [-0.1, -0.05) is 20.8 Å². The third-order valence-corrected chi connectivity index (χ3v) is 9.40. The van der Waals surface area contributed by atoms with E-state index in [1.54, 1.807) is 4.90 Å². The minimum atomic E-state index is -2.01. The van der Waals surface area contributed by atoms with Crippen LogP contribution in [0, 0.1) is 5.92 Å². The van der Waals surface area contributed by atoms with Crippen LogP contribution >= 0.6 is 0 Å². The molecule has 0 aromatic carbocycles. The monoisotopic (exact) mass is 373 g/mol. The van der Waals surface area contributed by atoms with Crippen LogP contribution in [0.5, 0.6) is 0 Å². The number of ether oxygens (including phenoxy) is 2. The van der Waals surface area contributed by atoms with Crippen LogP contribution in [0.3, 0.4) is 0 Å². The molecule has 146 valence electrons. The lowest BCUT2D eigenvalue weighted by atomic mass is 9.96. The maximum atomic E-state index is 12.5. The molecule has 1 fully saturated rings. The van der Waals surface area contributed by atoms with Crippen molar-refractivity contribution in [2.75, 3.05) is 20.2 Å². The Morgan fingerprint density at radius 1 is 1.04 bits per heavy atom. The molecule has 0 bridgehead atoms. The molecule has 0 aromatic rings. The van der Waals surface area contributed by atoms with Gasteiger partial charge in [-0.15, -0.1) is 0 Å². The lowest BCUT2D eigenvalue weighted by molar-refractivity contribution is -0.148. The van der Waals surface area contributed by atoms with Crippen LogP contribution in [-0.2, 0) is 18.7 Å². The third kappa shape index (κ3) is 6.29. The minimum Gasteiger partial charge on any atom is -0.469 e. The standard InChI is InChI=1S/C18H35NO5Si/c1-17(2,3)23-16(21)19-11-13(15(20)22-7)10-14(12-19)24-25(8,9)18(4,5)6/h13-14H,10-12H2,1-9H3/t13-,14-/m0/s1. The molecule has 0 spiro atoms. The van der Waals surface area contributed by atoms with Gasteiger partial charge in [-0.25, -0.2) is 4.79 Å². The molecular weight excluding hydrogens is 338 g/mol. The molecule has 1 aliphatic rings. The average Bonchev–Trinajstić information content (AvgIpc) is 2.42. The quantitative estimate of drug-likeness (QED) is 0.556. The van der Waals surface area contributed by atoms with Crippen molar-refractivity contribution >= 4 is 20.4 Å². The molecule has 0 unspecified atom stereocenters. The second-order valence-corrected chi connectivity index (χ2v) is 14.1. The SMILES string of the molecule is COC(=O)[C@H]1C[C@H](O[Si](C)(C)C(C)(C)C)CN(C(=O)OC(C)(C)C)C1. The molecule has 6 nitrogen and oxygen atoms in total. The van der Waals surface area contributed by atoms with Crippen molar-refractivity contribution in [3.8, 4) is 0 Å². The Hall–Kier alpha value is -1.08. The van der Waals surface area contributed by atoms with Gasteiger partial charge in [0.15, 0.2) is 8.32 Å². The van der Waals surface area contributed by atoms with Crippen molar-refractivity contribution in [3.05, 3.63) is 0 Å². The summed E-state index contributed by atoms with van der Waals surface area (Å²) in [4.78, 5) is 26.1. The van der Waals surface area contributed by atoms with Gasteiger partial charge >= 0.3 is 12.1 Å². The van der Waals surface area contributed by atoms with Crippen molar-refractivity contribution in [3.63, 3.8) is 0 Å². The van der Waals surface area contributed by atoms with Gasteiger partial charge in [0.1, 0.15) is 5.60 Å². The first-order valence-corrected chi connectivity index (χ1v) is 11.8. The number of likely N-dealkylation sites (tertiary alicyclic amines) is 1. The number of hydrogen-bond acceptors (Lipinski definition) is 5. The molecule has 0 N–H and O–H groups in total. The van der Waals surface area contributed by atoms with Gasteiger partial charge in [-0.2, -0.15) is 0 Å². The van der Waals surface area contributed by atoms with E-state index in [9.17, 15) is 9.59 Å². The smallest absolute Gasteiger partial charge is 0.410 e. The van der Waals surface area contributed by atoms with Gasteiger partial charge in [0, 0.05) is 13.1 Å². The number of rotatable bonds is 3. The zero-order valence-corrected chi connectivity index (χ0v) is 18.3. The Bertz CT molecular complexity index is 493. The van der Waals surface area contributed by atoms with Gasteiger partial charge in [0.2, 0.25) is 0 Å². The molecule has 1 aliphatic heterocycles. The summed E-state index contributed by atoms with van der Waals surface area (Å²) in [6.45, 7) is 17.1. The third-order valence-electron chi connectivity index (χ3n) is 4.87. The van der Waals surface area contributed by atoms with Crippen LogP contribution in [0.25, 0.3) is 0 Å². The molecule has 1 saturated heterocycles. The van der Waals surface area contributed by atoms with Crippen LogP contribution in [0.1, 0.15) is 48.0 Å². The fraction of sp³-hybridized carbons (Fsp3) is 0.889. The van der Waals surface area contributed by atoms with E-state index < -0.39 is 20.0 Å². The van der Waals surface area contributed by atoms with Crippen LogP contribution in [0.4, 0.5) is 4.79 Å². The van der Waals surface area contributed by atoms with Gasteiger partial charge in [-0.3, -0.25) is 4.79 Å². The summed E-state index contributed by atoms with van der Waals surface area (Å²) in [6, 6.07) is 0. The number of methoxy groups -OCH3 is 1. The molecule has 25 heavy (non-hydrogen) atoms. The fourth-order valence-corrected chi connectivity index (χ4v) is 3.90. The number of amides is 1. The van der Waals surface area contributed by atoms with Crippen LogP contribution in [0.15, 0.2) is 0 Å². The van der Waals surface area contributed by atoms with Crippen molar-refractivity contribution in [1.29, 1.82) is 0 Å². The molecule has 7 heteroatoms. The highest BCUT2D eigenvalue weighted by molar-refractivity contribution is 6.74.